The lowest BCUT2D eigenvalue weighted by Gasteiger charge is -2.03. The quantitative estimate of drug-likeness (QED) is 0.526. The summed E-state index contributed by atoms with van der Waals surface area (Å²) in [7, 11) is 0. The molecule has 0 atom stereocenters. The van der Waals surface area contributed by atoms with Crippen LogP contribution in [0.3, 0.4) is 0 Å². The molecule has 0 fully saturated rings. The van der Waals surface area contributed by atoms with Crippen molar-refractivity contribution in [2.75, 3.05) is 6.61 Å². The first-order valence-electron chi connectivity index (χ1n) is 4.69. The third-order valence-electron chi connectivity index (χ3n) is 1.78. The van der Waals surface area contributed by atoms with E-state index in [1.54, 1.807) is 0 Å². The molecule has 0 amide bonds. The molecule has 0 bridgehead atoms. The molecule has 0 spiro atoms. The molecular weight excluding hydrogens is 176 g/mol. The first-order valence-corrected chi connectivity index (χ1v) is 4.69. The Hall–Kier alpha value is -1.57. The lowest BCUT2D eigenvalue weighted by atomic mass is 10.1. The van der Waals surface area contributed by atoms with Crippen LogP contribution in [-0.2, 0) is 11.2 Å². The van der Waals surface area contributed by atoms with E-state index in [0.717, 1.165) is 24.0 Å². The van der Waals surface area contributed by atoms with Crippen molar-refractivity contribution in [1.82, 2.24) is 0 Å². The SMILES string of the molecule is CCOc1cccc(CC=CC=O)c1. The van der Waals surface area contributed by atoms with Gasteiger partial charge in [0, 0.05) is 0 Å². The molecule has 0 aliphatic rings. The second-order valence-corrected chi connectivity index (χ2v) is 2.85. The summed E-state index contributed by atoms with van der Waals surface area (Å²) in [6.45, 7) is 2.63. The zero-order valence-corrected chi connectivity index (χ0v) is 8.27. The van der Waals surface area contributed by atoms with E-state index in [4.69, 9.17) is 4.74 Å². The van der Waals surface area contributed by atoms with Gasteiger partial charge in [-0.1, -0.05) is 18.2 Å². The van der Waals surface area contributed by atoms with Crippen molar-refractivity contribution < 1.29 is 9.53 Å². The minimum atomic E-state index is 0.674. The average molecular weight is 190 g/mol. The number of benzene rings is 1. The zero-order chi connectivity index (χ0) is 10.2. The first-order chi connectivity index (χ1) is 6.86. The van der Waals surface area contributed by atoms with E-state index in [2.05, 4.69) is 0 Å². The van der Waals surface area contributed by atoms with Gasteiger partial charge in [0.25, 0.3) is 0 Å². The summed E-state index contributed by atoms with van der Waals surface area (Å²) in [5.41, 5.74) is 1.15. The zero-order valence-electron chi connectivity index (χ0n) is 8.27. The van der Waals surface area contributed by atoms with E-state index < -0.39 is 0 Å². The Kier molecular flexibility index (Phi) is 4.48. The second kappa shape index (κ2) is 5.97. The van der Waals surface area contributed by atoms with E-state index in [0.29, 0.717) is 6.61 Å². The Balaban J connectivity index is 2.63. The summed E-state index contributed by atoms with van der Waals surface area (Å²) >= 11 is 0. The smallest absolute Gasteiger partial charge is 0.142 e. The number of hydrogen-bond acceptors (Lipinski definition) is 2. The van der Waals surface area contributed by atoms with Crippen molar-refractivity contribution in [2.45, 2.75) is 13.3 Å². The fraction of sp³-hybridized carbons (Fsp3) is 0.250. The van der Waals surface area contributed by atoms with Crippen LogP contribution in [0, 0.1) is 0 Å². The molecule has 0 unspecified atom stereocenters. The minimum Gasteiger partial charge on any atom is -0.494 e. The molecule has 0 heterocycles. The molecule has 1 aromatic carbocycles. The van der Waals surface area contributed by atoms with Gasteiger partial charge in [-0.05, 0) is 37.1 Å². The summed E-state index contributed by atoms with van der Waals surface area (Å²) in [5, 5.41) is 0. The number of allylic oxidation sites excluding steroid dienone is 2. The van der Waals surface area contributed by atoms with E-state index in [9.17, 15) is 4.79 Å². The molecule has 2 heteroatoms. The van der Waals surface area contributed by atoms with Crippen LogP contribution in [0.2, 0.25) is 0 Å². The molecule has 0 aliphatic carbocycles. The molecule has 14 heavy (non-hydrogen) atoms. The van der Waals surface area contributed by atoms with Crippen LogP contribution in [0.1, 0.15) is 12.5 Å². The molecular formula is C12H14O2. The largest absolute Gasteiger partial charge is 0.494 e. The summed E-state index contributed by atoms with van der Waals surface area (Å²) in [6, 6.07) is 7.88. The Labute approximate surface area is 84.2 Å². The predicted molar refractivity (Wildman–Crippen MR) is 56.5 cm³/mol. The lowest BCUT2D eigenvalue weighted by molar-refractivity contribution is -0.104. The summed E-state index contributed by atoms with van der Waals surface area (Å²) in [5.74, 6) is 0.879. The maximum Gasteiger partial charge on any atom is 0.142 e. The maximum atomic E-state index is 10.1. The number of rotatable bonds is 5. The van der Waals surface area contributed by atoms with E-state index >= 15 is 0 Å². The number of hydrogen-bond donors (Lipinski definition) is 0. The standard InChI is InChI=1S/C12H14O2/c1-2-14-12-8-5-7-11(10-12)6-3-4-9-13/h3-5,7-10H,2,6H2,1H3. The van der Waals surface area contributed by atoms with Gasteiger partial charge in [-0.15, -0.1) is 0 Å². The van der Waals surface area contributed by atoms with Crippen molar-refractivity contribution in [3.8, 4) is 5.75 Å². The third kappa shape index (κ3) is 3.44. The van der Waals surface area contributed by atoms with Gasteiger partial charge in [-0.3, -0.25) is 4.79 Å². The van der Waals surface area contributed by atoms with E-state index in [1.807, 2.05) is 37.3 Å². The highest BCUT2D eigenvalue weighted by Crippen LogP contribution is 2.13. The van der Waals surface area contributed by atoms with Gasteiger partial charge in [0.05, 0.1) is 6.61 Å². The van der Waals surface area contributed by atoms with E-state index in [-0.39, 0.29) is 0 Å². The summed E-state index contributed by atoms with van der Waals surface area (Å²) < 4.78 is 5.36. The highest BCUT2D eigenvalue weighted by atomic mass is 16.5. The van der Waals surface area contributed by atoms with Crippen LogP contribution in [0.25, 0.3) is 0 Å². The van der Waals surface area contributed by atoms with Crippen molar-refractivity contribution >= 4 is 6.29 Å². The van der Waals surface area contributed by atoms with Crippen LogP contribution in [0.5, 0.6) is 5.75 Å². The highest BCUT2D eigenvalue weighted by Gasteiger charge is 1.93. The molecule has 2 nitrogen and oxygen atoms in total. The maximum absolute atomic E-state index is 10.1. The molecule has 0 aliphatic heterocycles. The second-order valence-electron chi connectivity index (χ2n) is 2.85. The Morgan fingerprint density at radius 1 is 1.43 bits per heavy atom. The molecule has 0 saturated carbocycles. The fourth-order valence-corrected chi connectivity index (χ4v) is 1.19. The predicted octanol–water partition coefficient (Wildman–Crippen LogP) is 2.38. The molecule has 74 valence electrons. The van der Waals surface area contributed by atoms with Crippen LogP contribution in [0.4, 0.5) is 0 Å². The normalized spacial score (nSPS) is 10.4. The average Bonchev–Trinajstić information content (AvgIpc) is 2.19. The van der Waals surface area contributed by atoms with Crippen LogP contribution in [-0.4, -0.2) is 12.9 Å². The summed E-state index contributed by atoms with van der Waals surface area (Å²) in [6.07, 6.45) is 4.89. The fourth-order valence-electron chi connectivity index (χ4n) is 1.19. The molecule has 0 radical (unpaired) electrons. The monoisotopic (exact) mass is 190 g/mol. The van der Waals surface area contributed by atoms with Gasteiger partial charge < -0.3 is 4.74 Å². The number of ether oxygens (including phenoxy) is 1. The molecule has 0 N–H and O–H groups in total. The topological polar surface area (TPSA) is 26.3 Å². The molecule has 0 saturated heterocycles. The Morgan fingerprint density at radius 3 is 3.00 bits per heavy atom. The van der Waals surface area contributed by atoms with Crippen molar-refractivity contribution in [1.29, 1.82) is 0 Å². The lowest BCUT2D eigenvalue weighted by Crippen LogP contribution is -1.92. The van der Waals surface area contributed by atoms with Gasteiger partial charge in [-0.25, -0.2) is 0 Å². The molecule has 0 aromatic heterocycles. The van der Waals surface area contributed by atoms with Crippen molar-refractivity contribution in [3.63, 3.8) is 0 Å². The third-order valence-corrected chi connectivity index (χ3v) is 1.78. The first kappa shape index (κ1) is 10.5. The molecule has 1 aromatic rings. The van der Waals surface area contributed by atoms with Crippen LogP contribution < -0.4 is 4.74 Å². The van der Waals surface area contributed by atoms with Crippen molar-refractivity contribution in [2.24, 2.45) is 0 Å². The van der Waals surface area contributed by atoms with Gasteiger partial charge >= 0.3 is 0 Å². The van der Waals surface area contributed by atoms with Gasteiger partial charge in [-0.2, -0.15) is 0 Å². The highest BCUT2D eigenvalue weighted by molar-refractivity contribution is 5.64. The minimum absolute atomic E-state index is 0.674. The Morgan fingerprint density at radius 2 is 2.29 bits per heavy atom. The van der Waals surface area contributed by atoms with Gasteiger partial charge in [0.2, 0.25) is 0 Å². The Bertz CT molecular complexity index is 316. The summed E-state index contributed by atoms with van der Waals surface area (Å²) in [4.78, 5) is 10.1. The van der Waals surface area contributed by atoms with Crippen molar-refractivity contribution in [3.05, 3.63) is 42.0 Å². The van der Waals surface area contributed by atoms with Crippen LogP contribution in [0.15, 0.2) is 36.4 Å². The number of aldehydes is 1. The molecule has 1 rings (SSSR count). The number of carbonyl (C=O) groups is 1. The van der Waals surface area contributed by atoms with Crippen LogP contribution >= 0.6 is 0 Å². The van der Waals surface area contributed by atoms with E-state index in [1.165, 1.54) is 6.08 Å². The number of carbonyl (C=O) groups excluding carboxylic acids is 1. The van der Waals surface area contributed by atoms with Gasteiger partial charge in [0.1, 0.15) is 12.0 Å². The van der Waals surface area contributed by atoms with Gasteiger partial charge in [0.15, 0.2) is 0 Å².